The third kappa shape index (κ3) is 4.22. The molecule has 1 amide bonds. The molecular weight excluding hydrogens is 285 g/mol. The predicted molar refractivity (Wildman–Crippen MR) is 83.1 cm³/mol. The standard InChI is InChI=1S/C13H25N3O.2ClH/c1-13(2,10-14)12(17)16-8-6-15(7-9-16)11-4-3-5-11;;/h11H,3-10,14H2,1-2H3;2*1H. The van der Waals surface area contributed by atoms with Crippen LogP contribution in [0.3, 0.4) is 0 Å². The fourth-order valence-corrected chi connectivity index (χ4v) is 2.56. The summed E-state index contributed by atoms with van der Waals surface area (Å²) in [6.07, 6.45) is 4.08. The summed E-state index contributed by atoms with van der Waals surface area (Å²) in [6, 6.07) is 0.801. The zero-order chi connectivity index (χ0) is 12.5. The van der Waals surface area contributed by atoms with Crippen molar-refractivity contribution >= 4 is 30.7 Å². The fourth-order valence-electron chi connectivity index (χ4n) is 2.56. The van der Waals surface area contributed by atoms with Crippen molar-refractivity contribution in [3.8, 4) is 0 Å². The molecule has 6 heteroatoms. The number of hydrogen-bond donors (Lipinski definition) is 1. The molecule has 0 spiro atoms. The minimum atomic E-state index is -0.404. The van der Waals surface area contributed by atoms with E-state index in [2.05, 4.69) is 4.90 Å². The van der Waals surface area contributed by atoms with Gasteiger partial charge >= 0.3 is 0 Å². The first-order valence-corrected chi connectivity index (χ1v) is 6.78. The second kappa shape index (κ2) is 7.67. The van der Waals surface area contributed by atoms with E-state index >= 15 is 0 Å². The van der Waals surface area contributed by atoms with Crippen molar-refractivity contribution in [3.05, 3.63) is 0 Å². The van der Waals surface area contributed by atoms with Gasteiger partial charge in [0.2, 0.25) is 5.91 Å². The largest absolute Gasteiger partial charge is 0.340 e. The Morgan fingerprint density at radius 1 is 1.16 bits per heavy atom. The molecule has 0 radical (unpaired) electrons. The number of piperazine rings is 1. The zero-order valence-corrected chi connectivity index (χ0v) is 13.6. The number of hydrogen-bond acceptors (Lipinski definition) is 3. The molecule has 1 aliphatic carbocycles. The van der Waals surface area contributed by atoms with Crippen LogP contribution < -0.4 is 5.73 Å². The average molecular weight is 312 g/mol. The van der Waals surface area contributed by atoms with Crippen molar-refractivity contribution in [1.82, 2.24) is 9.80 Å². The van der Waals surface area contributed by atoms with Crippen LogP contribution in [-0.4, -0.2) is 54.5 Å². The predicted octanol–water partition coefficient (Wildman–Crippen LogP) is 1.51. The Labute approximate surface area is 128 Å². The summed E-state index contributed by atoms with van der Waals surface area (Å²) >= 11 is 0. The molecule has 2 rings (SSSR count). The summed E-state index contributed by atoms with van der Waals surface area (Å²) < 4.78 is 0. The van der Waals surface area contributed by atoms with Crippen LogP contribution in [0.1, 0.15) is 33.1 Å². The van der Waals surface area contributed by atoms with Gasteiger partial charge in [0.05, 0.1) is 5.41 Å². The van der Waals surface area contributed by atoms with Crippen LogP contribution in [0.2, 0.25) is 0 Å². The van der Waals surface area contributed by atoms with Gasteiger partial charge in [-0.1, -0.05) is 6.42 Å². The highest BCUT2D eigenvalue weighted by molar-refractivity contribution is 5.85. The molecule has 0 aromatic heterocycles. The van der Waals surface area contributed by atoms with Gasteiger partial charge in [0.15, 0.2) is 0 Å². The molecule has 1 heterocycles. The van der Waals surface area contributed by atoms with E-state index in [9.17, 15) is 4.79 Å². The number of nitrogens with two attached hydrogens (primary N) is 1. The van der Waals surface area contributed by atoms with E-state index in [0.29, 0.717) is 6.54 Å². The Bertz CT molecular complexity index is 288. The molecule has 0 aromatic rings. The van der Waals surface area contributed by atoms with Gasteiger partial charge in [-0.3, -0.25) is 9.69 Å². The maximum Gasteiger partial charge on any atom is 0.229 e. The van der Waals surface area contributed by atoms with Crippen LogP contribution in [0.15, 0.2) is 0 Å². The van der Waals surface area contributed by atoms with Crippen molar-refractivity contribution in [2.45, 2.75) is 39.2 Å². The molecule has 0 atom stereocenters. The number of rotatable bonds is 3. The van der Waals surface area contributed by atoms with Crippen LogP contribution in [0.25, 0.3) is 0 Å². The third-order valence-corrected chi connectivity index (χ3v) is 4.28. The molecule has 19 heavy (non-hydrogen) atoms. The normalized spacial score (nSPS) is 21.1. The third-order valence-electron chi connectivity index (χ3n) is 4.28. The van der Waals surface area contributed by atoms with Gasteiger partial charge in [0.25, 0.3) is 0 Å². The summed E-state index contributed by atoms with van der Waals surface area (Å²) in [5.74, 6) is 0.216. The Balaban J connectivity index is 0.00000162. The number of carbonyl (C=O) groups excluding carboxylic acids is 1. The van der Waals surface area contributed by atoms with E-state index in [1.54, 1.807) is 0 Å². The van der Waals surface area contributed by atoms with Crippen molar-refractivity contribution in [3.63, 3.8) is 0 Å². The molecule has 1 saturated heterocycles. The van der Waals surface area contributed by atoms with Crippen LogP contribution in [-0.2, 0) is 4.79 Å². The lowest BCUT2D eigenvalue weighted by Crippen LogP contribution is -2.56. The smallest absolute Gasteiger partial charge is 0.229 e. The molecular formula is C13H27Cl2N3O. The maximum atomic E-state index is 12.2. The number of halogens is 2. The monoisotopic (exact) mass is 311 g/mol. The lowest BCUT2D eigenvalue weighted by Gasteiger charge is -2.44. The molecule has 2 N–H and O–H groups in total. The van der Waals surface area contributed by atoms with Crippen molar-refractivity contribution in [2.24, 2.45) is 11.1 Å². The van der Waals surface area contributed by atoms with E-state index in [1.807, 2.05) is 18.7 Å². The van der Waals surface area contributed by atoms with Crippen LogP contribution >= 0.6 is 24.8 Å². The van der Waals surface area contributed by atoms with Gasteiger partial charge in [-0.15, -0.1) is 24.8 Å². The SMILES string of the molecule is CC(C)(CN)C(=O)N1CCN(C2CCC2)CC1.Cl.Cl. The topological polar surface area (TPSA) is 49.6 Å². The van der Waals surface area contributed by atoms with E-state index in [0.717, 1.165) is 32.2 Å². The number of carbonyl (C=O) groups is 1. The molecule has 1 saturated carbocycles. The Morgan fingerprint density at radius 3 is 2.05 bits per heavy atom. The quantitative estimate of drug-likeness (QED) is 0.859. The molecule has 0 unspecified atom stereocenters. The summed E-state index contributed by atoms with van der Waals surface area (Å²) in [4.78, 5) is 16.8. The lowest BCUT2D eigenvalue weighted by molar-refractivity contribution is -0.142. The van der Waals surface area contributed by atoms with Gasteiger partial charge < -0.3 is 10.6 Å². The fraction of sp³-hybridized carbons (Fsp3) is 0.923. The first-order valence-electron chi connectivity index (χ1n) is 6.78. The summed E-state index contributed by atoms with van der Waals surface area (Å²) in [7, 11) is 0. The summed E-state index contributed by atoms with van der Waals surface area (Å²) in [6.45, 7) is 8.13. The molecule has 4 nitrogen and oxygen atoms in total. The first kappa shape index (κ1) is 19.0. The Hall–Kier alpha value is -0.0300. The molecule has 0 aromatic carbocycles. The van der Waals surface area contributed by atoms with Gasteiger partial charge in [0, 0.05) is 38.8 Å². The maximum absolute atomic E-state index is 12.2. The minimum absolute atomic E-state index is 0. The molecule has 1 aliphatic heterocycles. The zero-order valence-electron chi connectivity index (χ0n) is 11.9. The average Bonchev–Trinajstić information content (AvgIpc) is 2.27. The highest BCUT2D eigenvalue weighted by Crippen LogP contribution is 2.26. The van der Waals surface area contributed by atoms with Crippen molar-refractivity contribution < 1.29 is 4.79 Å². The number of nitrogens with zero attached hydrogens (tertiary/aromatic N) is 2. The second-order valence-corrected chi connectivity index (χ2v) is 6.00. The highest BCUT2D eigenvalue weighted by Gasteiger charge is 2.34. The number of amides is 1. The van der Waals surface area contributed by atoms with Gasteiger partial charge in [-0.05, 0) is 26.7 Å². The Kier molecular flexibility index (Phi) is 7.66. The van der Waals surface area contributed by atoms with Crippen molar-refractivity contribution in [1.29, 1.82) is 0 Å². The van der Waals surface area contributed by atoms with Gasteiger partial charge in [-0.25, -0.2) is 0 Å². The second-order valence-electron chi connectivity index (χ2n) is 6.00. The Morgan fingerprint density at radius 2 is 1.68 bits per heavy atom. The summed E-state index contributed by atoms with van der Waals surface area (Å²) in [5, 5.41) is 0. The van der Waals surface area contributed by atoms with Gasteiger partial charge in [-0.2, -0.15) is 0 Å². The molecule has 2 fully saturated rings. The summed E-state index contributed by atoms with van der Waals surface area (Å²) in [5.41, 5.74) is 5.26. The molecule has 0 bridgehead atoms. The van der Waals surface area contributed by atoms with Crippen molar-refractivity contribution in [2.75, 3.05) is 32.7 Å². The van der Waals surface area contributed by atoms with E-state index < -0.39 is 5.41 Å². The molecule has 114 valence electrons. The highest BCUT2D eigenvalue weighted by atomic mass is 35.5. The minimum Gasteiger partial charge on any atom is -0.340 e. The lowest BCUT2D eigenvalue weighted by atomic mass is 9.90. The van der Waals surface area contributed by atoms with Gasteiger partial charge in [0.1, 0.15) is 0 Å². The first-order chi connectivity index (χ1) is 8.04. The van der Waals surface area contributed by atoms with E-state index in [1.165, 1.54) is 19.3 Å². The van der Waals surface area contributed by atoms with E-state index in [-0.39, 0.29) is 30.7 Å². The van der Waals surface area contributed by atoms with Crippen LogP contribution in [0.5, 0.6) is 0 Å². The van der Waals surface area contributed by atoms with Crippen LogP contribution in [0, 0.1) is 5.41 Å². The van der Waals surface area contributed by atoms with Crippen LogP contribution in [0.4, 0.5) is 0 Å². The molecule has 2 aliphatic rings. The van der Waals surface area contributed by atoms with E-state index in [4.69, 9.17) is 5.73 Å².